The van der Waals surface area contributed by atoms with Gasteiger partial charge in [-0.15, -0.1) is 0 Å². The highest BCUT2D eigenvalue weighted by Crippen LogP contribution is 2.16. The fourth-order valence-corrected chi connectivity index (χ4v) is 2.36. The third-order valence-electron chi connectivity index (χ3n) is 3.45. The number of pyridine rings is 1. The van der Waals surface area contributed by atoms with E-state index in [0.29, 0.717) is 13.1 Å². The molecular weight excluding hydrogens is 280 g/mol. The predicted molar refractivity (Wildman–Crippen MR) is 87.0 cm³/mol. The van der Waals surface area contributed by atoms with Gasteiger partial charge in [0, 0.05) is 38.9 Å². The van der Waals surface area contributed by atoms with Crippen molar-refractivity contribution in [1.29, 1.82) is 0 Å². The number of nitrogens with zero attached hydrogens (tertiary/aromatic N) is 3. The van der Waals surface area contributed by atoms with Crippen LogP contribution in [0.1, 0.15) is 26.3 Å². The van der Waals surface area contributed by atoms with Crippen LogP contribution in [0.5, 0.6) is 0 Å². The summed E-state index contributed by atoms with van der Waals surface area (Å²) in [6.45, 7) is 9.35. The first-order valence-corrected chi connectivity index (χ1v) is 7.71. The molecule has 122 valence electrons. The third kappa shape index (κ3) is 4.59. The number of carbonyl (C=O) groups is 1. The summed E-state index contributed by atoms with van der Waals surface area (Å²) in [5.41, 5.74) is 0.720. The molecule has 0 saturated carbocycles. The molecule has 1 N–H and O–H groups in total. The van der Waals surface area contributed by atoms with Crippen LogP contribution in [0.15, 0.2) is 18.3 Å². The molecule has 0 spiro atoms. The molecule has 2 heterocycles. The highest BCUT2D eigenvalue weighted by molar-refractivity contribution is 5.68. The minimum Gasteiger partial charge on any atom is -0.444 e. The molecule has 6 nitrogen and oxygen atoms in total. The fourth-order valence-electron chi connectivity index (χ4n) is 2.36. The van der Waals surface area contributed by atoms with E-state index in [1.54, 1.807) is 4.90 Å². The second-order valence-corrected chi connectivity index (χ2v) is 6.51. The minimum atomic E-state index is -0.446. The first-order valence-electron chi connectivity index (χ1n) is 7.71. The van der Waals surface area contributed by atoms with Crippen molar-refractivity contribution in [2.75, 3.05) is 38.1 Å². The van der Waals surface area contributed by atoms with Gasteiger partial charge in [0.1, 0.15) is 11.4 Å². The molecule has 0 unspecified atom stereocenters. The number of piperazine rings is 1. The maximum atomic E-state index is 12.0. The van der Waals surface area contributed by atoms with Crippen LogP contribution in [-0.2, 0) is 11.3 Å². The van der Waals surface area contributed by atoms with E-state index in [1.807, 2.05) is 40.1 Å². The van der Waals surface area contributed by atoms with Gasteiger partial charge in [0.15, 0.2) is 0 Å². The molecule has 1 aromatic rings. The van der Waals surface area contributed by atoms with Gasteiger partial charge in [0.05, 0.1) is 0 Å². The zero-order valence-corrected chi connectivity index (χ0v) is 13.9. The fraction of sp³-hybridized carbons (Fsp3) is 0.625. The Bertz CT molecular complexity index is 488. The SMILES string of the molecule is CNCc1ccc(N2CCN(C(=O)OC(C)(C)C)CC2)nc1. The third-order valence-corrected chi connectivity index (χ3v) is 3.45. The summed E-state index contributed by atoms with van der Waals surface area (Å²) in [6, 6.07) is 4.12. The minimum absolute atomic E-state index is 0.232. The molecule has 1 amide bonds. The van der Waals surface area contributed by atoms with Crippen molar-refractivity contribution in [2.24, 2.45) is 0 Å². The second-order valence-electron chi connectivity index (χ2n) is 6.51. The molecule has 6 heteroatoms. The van der Waals surface area contributed by atoms with Gasteiger partial charge in [-0.1, -0.05) is 6.07 Å². The van der Waals surface area contributed by atoms with Crippen LogP contribution in [0.3, 0.4) is 0 Å². The Labute approximate surface area is 132 Å². The topological polar surface area (TPSA) is 57.7 Å². The Morgan fingerprint density at radius 3 is 2.45 bits per heavy atom. The van der Waals surface area contributed by atoms with Gasteiger partial charge in [-0.05, 0) is 39.4 Å². The van der Waals surface area contributed by atoms with Gasteiger partial charge < -0.3 is 19.9 Å². The average molecular weight is 306 g/mol. The maximum Gasteiger partial charge on any atom is 0.410 e. The van der Waals surface area contributed by atoms with Crippen molar-refractivity contribution in [3.8, 4) is 0 Å². The summed E-state index contributed by atoms with van der Waals surface area (Å²) < 4.78 is 5.41. The summed E-state index contributed by atoms with van der Waals surface area (Å²) in [6.07, 6.45) is 1.66. The van der Waals surface area contributed by atoms with Crippen LogP contribution < -0.4 is 10.2 Å². The van der Waals surface area contributed by atoms with Crippen LogP contribution in [0.4, 0.5) is 10.6 Å². The number of hydrogen-bond donors (Lipinski definition) is 1. The molecule has 1 aliphatic rings. The van der Waals surface area contributed by atoms with Crippen molar-refractivity contribution in [2.45, 2.75) is 32.9 Å². The number of anilines is 1. The lowest BCUT2D eigenvalue weighted by atomic mass is 10.2. The van der Waals surface area contributed by atoms with Crippen molar-refractivity contribution < 1.29 is 9.53 Å². The molecule has 0 aliphatic carbocycles. The van der Waals surface area contributed by atoms with Crippen molar-refractivity contribution in [3.63, 3.8) is 0 Å². The van der Waals surface area contributed by atoms with Crippen LogP contribution in [-0.4, -0.2) is 54.8 Å². The molecular formula is C16H26N4O2. The molecule has 0 radical (unpaired) electrons. The molecule has 1 fully saturated rings. The Hall–Kier alpha value is -1.82. The van der Waals surface area contributed by atoms with E-state index in [1.165, 1.54) is 5.56 Å². The summed E-state index contributed by atoms with van der Waals surface area (Å²) >= 11 is 0. The first-order chi connectivity index (χ1) is 10.4. The highest BCUT2D eigenvalue weighted by Gasteiger charge is 2.26. The van der Waals surface area contributed by atoms with Gasteiger partial charge in [0.25, 0.3) is 0 Å². The lowest BCUT2D eigenvalue weighted by molar-refractivity contribution is 0.0240. The van der Waals surface area contributed by atoms with Gasteiger partial charge in [-0.25, -0.2) is 9.78 Å². The largest absolute Gasteiger partial charge is 0.444 e. The summed E-state index contributed by atoms with van der Waals surface area (Å²) in [7, 11) is 1.92. The monoisotopic (exact) mass is 306 g/mol. The van der Waals surface area contributed by atoms with Gasteiger partial charge >= 0.3 is 6.09 Å². The number of amides is 1. The number of rotatable bonds is 3. The van der Waals surface area contributed by atoms with E-state index in [9.17, 15) is 4.79 Å². The van der Waals surface area contributed by atoms with Crippen LogP contribution in [0, 0.1) is 0 Å². The average Bonchev–Trinajstić information content (AvgIpc) is 2.47. The number of aromatic nitrogens is 1. The quantitative estimate of drug-likeness (QED) is 0.924. The smallest absolute Gasteiger partial charge is 0.410 e. The molecule has 2 rings (SSSR count). The number of ether oxygens (including phenoxy) is 1. The maximum absolute atomic E-state index is 12.0. The van der Waals surface area contributed by atoms with E-state index < -0.39 is 5.60 Å². The normalized spacial score (nSPS) is 15.8. The van der Waals surface area contributed by atoms with Crippen molar-refractivity contribution in [1.82, 2.24) is 15.2 Å². The molecule has 1 aliphatic heterocycles. The van der Waals surface area contributed by atoms with E-state index >= 15 is 0 Å². The number of carbonyl (C=O) groups excluding carboxylic acids is 1. The number of nitrogens with one attached hydrogen (secondary N) is 1. The standard InChI is InChI=1S/C16H26N4O2/c1-16(2,3)22-15(21)20-9-7-19(8-10-20)14-6-5-13(11-17-4)12-18-14/h5-6,12,17H,7-11H2,1-4H3. The van der Waals surface area contributed by atoms with Crippen LogP contribution in [0.25, 0.3) is 0 Å². The lowest BCUT2D eigenvalue weighted by Gasteiger charge is -2.36. The Morgan fingerprint density at radius 1 is 1.27 bits per heavy atom. The molecule has 22 heavy (non-hydrogen) atoms. The summed E-state index contributed by atoms with van der Waals surface area (Å²) in [5, 5.41) is 3.11. The molecule has 1 aromatic heterocycles. The molecule has 0 aromatic carbocycles. The van der Waals surface area contributed by atoms with Crippen LogP contribution >= 0.6 is 0 Å². The number of hydrogen-bond acceptors (Lipinski definition) is 5. The molecule has 1 saturated heterocycles. The second kappa shape index (κ2) is 6.96. The van der Waals surface area contributed by atoms with E-state index in [2.05, 4.69) is 21.3 Å². The Balaban J connectivity index is 1.87. The van der Waals surface area contributed by atoms with Crippen molar-refractivity contribution >= 4 is 11.9 Å². The Kier molecular flexibility index (Phi) is 5.24. The van der Waals surface area contributed by atoms with Gasteiger partial charge in [-0.3, -0.25) is 0 Å². The Morgan fingerprint density at radius 2 is 1.95 bits per heavy atom. The first kappa shape index (κ1) is 16.5. The zero-order valence-electron chi connectivity index (χ0n) is 13.9. The van der Waals surface area contributed by atoms with E-state index in [0.717, 1.165) is 25.5 Å². The van der Waals surface area contributed by atoms with Crippen molar-refractivity contribution in [3.05, 3.63) is 23.9 Å². The van der Waals surface area contributed by atoms with Gasteiger partial charge in [-0.2, -0.15) is 0 Å². The van der Waals surface area contributed by atoms with Gasteiger partial charge in [0.2, 0.25) is 0 Å². The molecule has 0 bridgehead atoms. The van der Waals surface area contributed by atoms with E-state index in [-0.39, 0.29) is 6.09 Å². The zero-order chi connectivity index (χ0) is 16.2. The predicted octanol–water partition coefficient (Wildman–Crippen LogP) is 1.86. The summed E-state index contributed by atoms with van der Waals surface area (Å²) in [4.78, 5) is 20.5. The lowest BCUT2D eigenvalue weighted by Crippen LogP contribution is -2.50. The molecule has 0 atom stereocenters. The van der Waals surface area contributed by atoms with E-state index in [4.69, 9.17) is 4.74 Å². The van der Waals surface area contributed by atoms with Crippen LogP contribution in [0.2, 0.25) is 0 Å². The summed E-state index contributed by atoms with van der Waals surface area (Å²) in [5.74, 6) is 0.962. The highest BCUT2D eigenvalue weighted by atomic mass is 16.6.